The van der Waals surface area contributed by atoms with Crippen molar-refractivity contribution in [1.82, 2.24) is 0 Å². The van der Waals surface area contributed by atoms with Crippen LogP contribution in [0.4, 0.5) is 0 Å². The molecule has 1 aliphatic heterocycles. The molecule has 0 aromatic carbocycles. The van der Waals surface area contributed by atoms with Gasteiger partial charge in [-0.2, -0.15) is 0 Å². The van der Waals surface area contributed by atoms with Gasteiger partial charge in [0.1, 0.15) is 0 Å². The standard InChI is InChI=1S/C40H59O2.CH4.3H2/c1-8-16-40-20-15-34-36(5)17-14-32(41)27(4)31(36)13-18-37(34,6)38(40,7)21-22-39(19-12-29(26(2)3)35(39)40)25-28-24-30(28)33-11-9-10-23-42-33;;;;/h24,29,31,33-35H,2,4,8-23,25H2,1,3,5-7H3;1H4;3*1H/t29-,31?,33?,34?,35?,36-,37+,38?,39+,40+;;;;/m0..../s1. The molecule has 1 radical (unpaired) electrons. The molecular weight excluding hydrogens is 524 g/mol. The number of hydrogen-bond donors (Lipinski definition) is 0. The first-order valence-electron chi connectivity index (χ1n) is 18.0. The summed E-state index contributed by atoms with van der Waals surface area (Å²) in [5, 5.41) is 0. The van der Waals surface area contributed by atoms with Crippen LogP contribution in [-0.4, -0.2) is 18.5 Å². The number of fused-ring (bicyclic) bond motifs is 7. The van der Waals surface area contributed by atoms with E-state index >= 15 is 0 Å². The Kier molecular flexibility index (Phi) is 7.92. The molecule has 0 bridgehead atoms. The minimum absolute atomic E-state index is 0. The predicted molar refractivity (Wildman–Crippen MR) is 186 cm³/mol. The van der Waals surface area contributed by atoms with E-state index < -0.39 is 0 Å². The molecule has 0 amide bonds. The fourth-order valence-corrected chi connectivity index (χ4v) is 13.9. The third-order valence-corrected chi connectivity index (χ3v) is 16.0. The number of carbonyl (C=O) groups excluding carboxylic acids is 1. The highest BCUT2D eigenvalue weighted by Crippen LogP contribution is 2.82. The van der Waals surface area contributed by atoms with Crippen LogP contribution in [0.15, 0.2) is 36.0 Å². The molecule has 2 nitrogen and oxygen atoms in total. The molecule has 6 aliphatic carbocycles. The molecule has 0 aromatic heterocycles. The van der Waals surface area contributed by atoms with Crippen molar-refractivity contribution in [3.05, 3.63) is 41.9 Å². The van der Waals surface area contributed by atoms with Gasteiger partial charge in [-0.05, 0) is 159 Å². The minimum Gasteiger partial charge on any atom is -0.374 e. The molecule has 7 aliphatic rings. The molecule has 1 heterocycles. The average Bonchev–Trinajstić information content (AvgIpc) is 3.61. The SMILES string of the molecule is C.C=C1C(=O)CC[C@@]2(C)C1CC[C@]1(C)C2CC[C@]2(CCC)C3[C@H](C(=C)C)CC[C@]3(C[C]3C=C3C3CCCCO3)CCC21C.[HH].[HH].[HH]. The van der Waals surface area contributed by atoms with Crippen molar-refractivity contribution >= 4 is 5.78 Å². The maximum absolute atomic E-state index is 12.8. The van der Waals surface area contributed by atoms with Crippen LogP contribution in [-0.2, 0) is 9.53 Å². The van der Waals surface area contributed by atoms with Crippen LogP contribution in [0.2, 0.25) is 0 Å². The second-order valence-corrected chi connectivity index (χ2v) is 17.3. The van der Waals surface area contributed by atoms with Gasteiger partial charge in [0, 0.05) is 23.2 Å². The summed E-state index contributed by atoms with van der Waals surface area (Å²) in [6.07, 6.45) is 23.0. The fourth-order valence-electron chi connectivity index (χ4n) is 13.9. The Morgan fingerprint density at radius 3 is 2.51 bits per heavy atom. The zero-order valence-electron chi connectivity index (χ0n) is 27.7. The number of ketones is 1. The van der Waals surface area contributed by atoms with E-state index in [-0.39, 0.29) is 17.1 Å². The van der Waals surface area contributed by atoms with Gasteiger partial charge in [0.05, 0.1) is 6.10 Å². The van der Waals surface area contributed by atoms with Gasteiger partial charge in [-0.1, -0.05) is 66.3 Å². The second kappa shape index (κ2) is 10.7. The lowest BCUT2D eigenvalue weighted by Crippen LogP contribution is -2.69. The van der Waals surface area contributed by atoms with Gasteiger partial charge in [-0.15, -0.1) is 0 Å². The Balaban J connectivity index is 0.00000144. The normalized spacial score (nSPS) is 49.1. The van der Waals surface area contributed by atoms with Gasteiger partial charge in [-0.25, -0.2) is 0 Å². The third-order valence-electron chi connectivity index (χ3n) is 16.0. The van der Waals surface area contributed by atoms with Gasteiger partial charge in [0.2, 0.25) is 0 Å². The molecule has 0 spiro atoms. The average molecular weight is 594 g/mol. The molecule has 43 heavy (non-hydrogen) atoms. The lowest BCUT2D eigenvalue weighted by Gasteiger charge is -2.76. The monoisotopic (exact) mass is 594 g/mol. The molecule has 5 unspecified atom stereocenters. The molecule has 7 rings (SSSR count). The van der Waals surface area contributed by atoms with E-state index in [1.54, 1.807) is 11.5 Å². The molecule has 0 aromatic rings. The lowest BCUT2D eigenvalue weighted by atomic mass is 9.28. The molecule has 2 heteroatoms. The van der Waals surface area contributed by atoms with Crippen LogP contribution in [0.1, 0.15) is 149 Å². The summed E-state index contributed by atoms with van der Waals surface area (Å²) >= 11 is 0. The zero-order valence-corrected chi connectivity index (χ0v) is 27.7. The van der Waals surface area contributed by atoms with E-state index in [2.05, 4.69) is 47.3 Å². The molecule has 0 N–H and O–H groups in total. The Labute approximate surface area is 269 Å². The highest BCUT2D eigenvalue weighted by atomic mass is 16.5. The van der Waals surface area contributed by atoms with E-state index in [0.29, 0.717) is 51.3 Å². The van der Waals surface area contributed by atoms with Crippen molar-refractivity contribution in [1.29, 1.82) is 0 Å². The summed E-state index contributed by atoms with van der Waals surface area (Å²) < 4.78 is 6.26. The van der Waals surface area contributed by atoms with Gasteiger partial charge in [0.15, 0.2) is 5.78 Å². The van der Waals surface area contributed by atoms with E-state index in [0.717, 1.165) is 37.4 Å². The highest BCUT2D eigenvalue weighted by Gasteiger charge is 2.75. The summed E-state index contributed by atoms with van der Waals surface area (Å²) in [6.45, 7) is 23.0. The van der Waals surface area contributed by atoms with Crippen molar-refractivity contribution < 1.29 is 13.8 Å². The molecule has 6 fully saturated rings. The van der Waals surface area contributed by atoms with E-state index in [1.807, 2.05) is 0 Å². The Morgan fingerprint density at radius 1 is 1.02 bits per heavy atom. The zero-order chi connectivity index (χ0) is 29.7. The summed E-state index contributed by atoms with van der Waals surface area (Å²) in [5.41, 5.74) is 5.63. The van der Waals surface area contributed by atoms with E-state index in [1.165, 1.54) is 89.0 Å². The maximum atomic E-state index is 12.8. The summed E-state index contributed by atoms with van der Waals surface area (Å²) in [7, 11) is 0. The first-order chi connectivity index (χ1) is 20.0. The number of Topliss-reactive ketones (excluding diaryl/α,β-unsaturated/α-hetero) is 1. The molecule has 245 valence electrons. The third kappa shape index (κ3) is 4.22. The number of carbonyl (C=O) groups is 1. The van der Waals surface area contributed by atoms with Crippen molar-refractivity contribution in [3.63, 3.8) is 0 Å². The number of ether oxygens (including phenoxy) is 1. The summed E-state index contributed by atoms with van der Waals surface area (Å²) in [6, 6.07) is 0. The molecule has 1 saturated heterocycles. The van der Waals surface area contributed by atoms with Crippen molar-refractivity contribution in [2.24, 2.45) is 50.7 Å². The van der Waals surface area contributed by atoms with Gasteiger partial charge in [-0.3, -0.25) is 4.79 Å². The maximum Gasteiger partial charge on any atom is 0.158 e. The summed E-state index contributed by atoms with van der Waals surface area (Å²) in [5.74, 6) is 4.50. The molecule has 5 saturated carbocycles. The number of allylic oxidation sites excluding steroid dienone is 3. The lowest BCUT2D eigenvalue weighted by molar-refractivity contribution is -0.267. The van der Waals surface area contributed by atoms with Crippen LogP contribution in [0.25, 0.3) is 0 Å². The molecule has 10 atom stereocenters. The van der Waals surface area contributed by atoms with Crippen molar-refractivity contribution in [2.75, 3.05) is 6.61 Å². The smallest absolute Gasteiger partial charge is 0.158 e. The first kappa shape index (κ1) is 31.8. The number of hydrogen-bond acceptors (Lipinski definition) is 2. The summed E-state index contributed by atoms with van der Waals surface area (Å²) in [4.78, 5) is 12.8. The number of rotatable bonds is 6. The van der Waals surface area contributed by atoms with Gasteiger partial charge >= 0.3 is 0 Å². The topological polar surface area (TPSA) is 26.3 Å². The van der Waals surface area contributed by atoms with Crippen molar-refractivity contribution in [2.45, 2.75) is 151 Å². The van der Waals surface area contributed by atoms with Crippen LogP contribution >= 0.6 is 0 Å². The van der Waals surface area contributed by atoms with Crippen molar-refractivity contribution in [3.8, 4) is 0 Å². The van der Waals surface area contributed by atoms with Gasteiger partial charge in [0.25, 0.3) is 0 Å². The van der Waals surface area contributed by atoms with E-state index in [9.17, 15) is 4.79 Å². The largest absolute Gasteiger partial charge is 0.374 e. The van der Waals surface area contributed by atoms with Crippen LogP contribution < -0.4 is 0 Å². The first-order valence-corrected chi connectivity index (χ1v) is 18.0. The fraction of sp³-hybridized carbons (Fsp3) is 0.805. The Morgan fingerprint density at radius 2 is 1.81 bits per heavy atom. The quantitative estimate of drug-likeness (QED) is 0.226. The Hall–Kier alpha value is -1.15. The minimum atomic E-state index is 0. The van der Waals surface area contributed by atoms with Crippen LogP contribution in [0, 0.1) is 56.7 Å². The predicted octanol–water partition coefficient (Wildman–Crippen LogP) is 11.8. The second-order valence-electron chi connectivity index (χ2n) is 17.3. The highest BCUT2D eigenvalue weighted by molar-refractivity contribution is 5.96. The van der Waals surface area contributed by atoms with Crippen LogP contribution in [0.3, 0.4) is 0 Å². The van der Waals surface area contributed by atoms with Crippen LogP contribution in [0.5, 0.6) is 0 Å². The molecular formula is C41H69O2. The van der Waals surface area contributed by atoms with Gasteiger partial charge < -0.3 is 4.74 Å². The van der Waals surface area contributed by atoms with E-state index in [4.69, 9.17) is 11.3 Å². The Bertz CT molecular complexity index is 1200.